The molecule has 0 saturated heterocycles. The van der Waals surface area contributed by atoms with Crippen LogP contribution in [0.4, 0.5) is 0 Å². The van der Waals surface area contributed by atoms with E-state index in [0.29, 0.717) is 6.04 Å². The molecule has 3 aromatic heterocycles. The van der Waals surface area contributed by atoms with Crippen LogP contribution in [-0.2, 0) is 6.54 Å². The van der Waals surface area contributed by atoms with Gasteiger partial charge in [-0.3, -0.25) is 0 Å². The Morgan fingerprint density at radius 2 is 1.54 bits per heavy atom. The quantitative estimate of drug-likeness (QED) is 0.268. The number of pyridine rings is 1. The summed E-state index contributed by atoms with van der Waals surface area (Å²) in [6.07, 6.45) is 8.59. The third kappa shape index (κ3) is 8.21. The van der Waals surface area contributed by atoms with Crippen molar-refractivity contribution in [1.29, 1.82) is 0 Å². The molecule has 202 valence electrons. The van der Waals surface area contributed by atoms with Crippen molar-refractivity contribution >= 4 is 22.1 Å². The molecule has 0 atom stereocenters. The van der Waals surface area contributed by atoms with Gasteiger partial charge in [-0.15, -0.1) is 0 Å². The van der Waals surface area contributed by atoms with Gasteiger partial charge in [-0.05, 0) is 49.6 Å². The number of aromatic amines is 2. The molecule has 0 amide bonds. The Kier molecular flexibility index (Phi) is 19.1. The van der Waals surface area contributed by atoms with E-state index in [9.17, 15) is 0 Å². The maximum Gasteiger partial charge on any atom is 0.178 e. The zero-order valence-corrected chi connectivity index (χ0v) is 15.7. The lowest BCUT2D eigenvalue weighted by Crippen LogP contribution is -2.30. The third-order valence-electron chi connectivity index (χ3n) is 5.69. The summed E-state index contributed by atoms with van der Waals surface area (Å²) in [6, 6.07) is 11.7. The van der Waals surface area contributed by atoms with Crippen molar-refractivity contribution in [1.82, 2.24) is 25.3 Å². The summed E-state index contributed by atoms with van der Waals surface area (Å²) in [6.45, 7) is 2.91. The molecular weight excluding hydrogens is 430 g/mol. The molecule has 3 N–H and O–H groups in total. The van der Waals surface area contributed by atoms with Gasteiger partial charge in [0.05, 0.1) is 5.52 Å². The first-order valence-corrected chi connectivity index (χ1v) is 9.93. The van der Waals surface area contributed by atoms with Crippen LogP contribution in [0.25, 0.3) is 33.3 Å². The monoisotopic (exact) mass is 487 g/mol. The number of hydrogen-bond donors (Lipinski definition) is 3. The molecule has 4 aromatic rings. The zero-order valence-electron chi connectivity index (χ0n) is 15.7. The van der Waals surface area contributed by atoms with E-state index in [1.54, 1.807) is 0 Å². The van der Waals surface area contributed by atoms with Crippen LogP contribution in [0.1, 0.15) is 103 Å². The first-order valence-electron chi connectivity index (χ1n) is 9.93. The highest BCUT2D eigenvalue weighted by Gasteiger charge is 2.13. The fourth-order valence-electron chi connectivity index (χ4n) is 4.26. The Labute approximate surface area is 217 Å². The van der Waals surface area contributed by atoms with Gasteiger partial charge < -0.3 is 15.3 Å². The summed E-state index contributed by atoms with van der Waals surface area (Å²) < 4.78 is 0. The normalized spacial score (nSPS) is 12.1. The Bertz CT molecular complexity index is 1090. The van der Waals surface area contributed by atoms with E-state index in [0.717, 1.165) is 40.3 Å². The Morgan fingerprint density at radius 1 is 0.857 bits per heavy atom. The molecule has 5 heteroatoms. The second-order valence-corrected chi connectivity index (χ2v) is 7.70. The fraction of sp³-hybridized carbons (Fsp3) is 0.533. The van der Waals surface area contributed by atoms with Crippen LogP contribution in [0.2, 0.25) is 0 Å². The standard InChI is InChI=1S/C22H25N5.8CH4/c1-14-25-21-18(9-10-23-22(21)26-14)20-12-16-11-15(7-8-19(16)27-20)13-24-17-5-3-2-4-6-17;;;;;;;;/h7-12,17,24,27H,2-6,13H2,1H3,(H,23,25,26);8*1H4. The second-order valence-electron chi connectivity index (χ2n) is 7.70. The number of aromatic nitrogens is 4. The van der Waals surface area contributed by atoms with Crippen LogP contribution in [0.15, 0.2) is 36.5 Å². The molecule has 0 unspecified atom stereocenters. The zero-order chi connectivity index (χ0) is 18.2. The van der Waals surface area contributed by atoms with E-state index in [1.807, 2.05) is 19.2 Å². The average molecular weight is 488 g/mol. The predicted octanol–water partition coefficient (Wildman–Crippen LogP) is 9.93. The Balaban J connectivity index is -0.000000601. The minimum Gasteiger partial charge on any atom is -0.354 e. The summed E-state index contributed by atoms with van der Waals surface area (Å²) in [7, 11) is 0. The first-order chi connectivity index (χ1) is 13.3. The third-order valence-corrected chi connectivity index (χ3v) is 5.69. The lowest BCUT2D eigenvalue weighted by Gasteiger charge is -2.22. The van der Waals surface area contributed by atoms with Crippen LogP contribution in [-0.4, -0.2) is 26.0 Å². The molecule has 0 bridgehead atoms. The molecular formula is C30H57N5. The fourth-order valence-corrected chi connectivity index (χ4v) is 4.26. The van der Waals surface area contributed by atoms with Gasteiger partial charge in [-0.2, -0.15) is 0 Å². The van der Waals surface area contributed by atoms with Gasteiger partial charge in [0.25, 0.3) is 0 Å². The molecule has 0 aliphatic heterocycles. The summed E-state index contributed by atoms with van der Waals surface area (Å²) in [5, 5.41) is 4.98. The van der Waals surface area contributed by atoms with Crippen molar-refractivity contribution in [2.75, 3.05) is 0 Å². The van der Waals surface area contributed by atoms with Crippen LogP contribution in [0.5, 0.6) is 0 Å². The lowest BCUT2D eigenvalue weighted by molar-refractivity contribution is 0.372. The number of hydrogen-bond acceptors (Lipinski definition) is 3. The topological polar surface area (TPSA) is 69.4 Å². The van der Waals surface area contributed by atoms with Crippen molar-refractivity contribution < 1.29 is 0 Å². The average Bonchev–Trinajstić information content (AvgIpc) is 3.28. The van der Waals surface area contributed by atoms with E-state index in [1.165, 1.54) is 43.1 Å². The molecule has 5 rings (SSSR count). The highest BCUT2D eigenvalue weighted by molar-refractivity contribution is 5.94. The van der Waals surface area contributed by atoms with E-state index in [4.69, 9.17) is 0 Å². The molecule has 0 spiro atoms. The largest absolute Gasteiger partial charge is 0.354 e. The second kappa shape index (κ2) is 16.9. The van der Waals surface area contributed by atoms with Crippen molar-refractivity contribution in [3.8, 4) is 11.3 Å². The van der Waals surface area contributed by atoms with Crippen molar-refractivity contribution in [3.63, 3.8) is 0 Å². The van der Waals surface area contributed by atoms with Crippen molar-refractivity contribution in [2.45, 2.75) is 111 Å². The summed E-state index contributed by atoms with van der Waals surface area (Å²) >= 11 is 0. The maximum absolute atomic E-state index is 4.45. The Hall–Kier alpha value is -2.66. The SMILES string of the molecule is C.C.C.C.C.C.C.C.Cc1nc2nccc(-c3cc4cc(CNC5CCCCC5)ccc4[nH]3)c2[nH]1. The van der Waals surface area contributed by atoms with E-state index < -0.39 is 0 Å². The van der Waals surface area contributed by atoms with Gasteiger partial charge in [0.15, 0.2) is 5.65 Å². The molecule has 1 aliphatic carbocycles. The molecule has 1 fully saturated rings. The lowest BCUT2D eigenvalue weighted by atomic mass is 9.95. The van der Waals surface area contributed by atoms with Gasteiger partial charge in [-0.25, -0.2) is 9.97 Å². The highest BCUT2D eigenvalue weighted by Crippen LogP contribution is 2.29. The molecule has 0 radical (unpaired) electrons. The summed E-state index contributed by atoms with van der Waals surface area (Å²) in [5.74, 6) is 0.886. The highest BCUT2D eigenvalue weighted by atomic mass is 15.0. The van der Waals surface area contributed by atoms with Crippen LogP contribution in [0, 0.1) is 6.92 Å². The molecule has 3 heterocycles. The number of benzene rings is 1. The van der Waals surface area contributed by atoms with Crippen LogP contribution >= 0.6 is 0 Å². The number of aryl methyl sites for hydroxylation is 1. The van der Waals surface area contributed by atoms with Crippen molar-refractivity contribution in [3.05, 3.63) is 47.9 Å². The number of imidazole rings is 1. The first kappa shape index (κ1) is 39.5. The number of nitrogens with one attached hydrogen (secondary N) is 3. The van der Waals surface area contributed by atoms with Crippen LogP contribution in [0.3, 0.4) is 0 Å². The molecule has 35 heavy (non-hydrogen) atoms. The smallest absolute Gasteiger partial charge is 0.178 e. The predicted molar refractivity (Wildman–Crippen MR) is 163 cm³/mol. The minimum absolute atomic E-state index is 0. The summed E-state index contributed by atoms with van der Waals surface area (Å²) in [4.78, 5) is 15.7. The van der Waals surface area contributed by atoms with Crippen molar-refractivity contribution in [2.24, 2.45) is 0 Å². The van der Waals surface area contributed by atoms with Gasteiger partial charge in [0.2, 0.25) is 0 Å². The molecule has 5 nitrogen and oxygen atoms in total. The van der Waals surface area contributed by atoms with E-state index in [-0.39, 0.29) is 59.4 Å². The van der Waals surface area contributed by atoms with Gasteiger partial charge in [0.1, 0.15) is 5.82 Å². The van der Waals surface area contributed by atoms with E-state index in [2.05, 4.69) is 49.5 Å². The maximum atomic E-state index is 4.45. The minimum atomic E-state index is 0. The Morgan fingerprint density at radius 3 is 2.23 bits per heavy atom. The molecule has 1 aromatic carbocycles. The number of nitrogens with zero attached hydrogens (tertiary/aromatic N) is 2. The number of rotatable bonds is 4. The number of H-pyrrole nitrogens is 2. The van der Waals surface area contributed by atoms with Gasteiger partial charge in [-0.1, -0.05) is 84.7 Å². The molecule has 1 aliphatic rings. The number of fused-ring (bicyclic) bond motifs is 2. The van der Waals surface area contributed by atoms with E-state index >= 15 is 0 Å². The van der Waals surface area contributed by atoms with Crippen LogP contribution < -0.4 is 5.32 Å². The van der Waals surface area contributed by atoms with Gasteiger partial charge >= 0.3 is 0 Å². The summed E-state index contributed by atoms with van der Waals surface area (Å²) in [5.41, 5.74) is 6.46. The molecule has 1 saturated carbocycles. The van der Waals surface area contributed by atoms with Gasteiger partial charge in [0, 0.05) is 40.9 Å².